The zero-order valence-electron chi connectivity index (χ0n) is 21.9. The third-order valence-corrected chi connectivity index (χ3v) is 6.57. The smallest absolute Gasteiger partial charge is 0.408 e. The van der Waals surface area contributed by atoms with Gasteiger partial charge < -0.3 is 34.7 Å². The fraction of sp³-hybridized carbons (Fsp3) is 0.276. The maximum Gasteiger partial charge on any atom is 0.408 e. The van der Waals surface area contributed by atoms with Gasteiger partial charge in [0, 0.05) is 12.1 Å². The second kappa shape index (κ2) is 12.2. The van der Waals surface area contributed by atoms with Crippen LogP contribution in [0.5, 0.6) is 17.2 Å². The first-order chi connectivity index (χ1) is 18.8. The molecule has 1 aliphatic carbocycles. The number of amides is 2. The first kappa shape index (κ1) is 27.3. The van der Waals surface area contributed by atoms with E-state index in [0.29, 0.717) is 22.8 Å². The van der Waals surface area contributed by atoms with Crippen LogP contribution in [0.15, 0.2) is 54.6 Å². The van der Waals surface area contributed by atoms with Gasteiger partial charge in [0.2, 0.25) is 5.91 Å². The molecule has 3 aromatic rings. The van der Waals surface area contributed by atoms with Crippen LogP contribution in [0.4, 0.5) is 4.79 Å². The van der Waals surface area contributed by atoms with Crippen molar-refractivity contribution in [1.82, 2.24) is 10.6 Å². The molecule has 0 unspecified atom stereocenters. The molecule has 4 rings (SSSR count). The van der Waals surface area contributed by atoms with Crippen molar-refractivity contribution in [3.63, 3.8) is 0 Å². The van der Waals surface area contributed by atoms with Crippen molar-refractivity contribution in [1.29, 1.82) is 0 Å². The van der Waals surface area contributed by atoms with E-state index >= 15 is 0 Å². The summed E-state index contributed by atoms with van der Waals surface area (Å²) in [6, 6.07) is 15.7. The number of nitrogens with one attached hydrogen (secondary N) is 2. The van der Waals surface area contributed by atoms with Gasteiger partial charge in [-0.15, -0.1) is 0 Å². The summed E-state index contributed by atoms with van der Waals surface area (Å²) in [6.45, 7) is -0.0218. The number of fused-ring (bicyclic) bond motifs is 3. The standard InChI is InChI=1S/C29H30N2O8/c1-36-19-12-25(37-2)23(26(13-19)38-3)15-30-27(32)14-24(28(33)34)31-29(35)39-16-18-8-6-10-21-20-9-5-4-7-17(20)11-22(18)21/h4-10,12-13,24H,11,14-16H2,1-3H3,(H,30,32)(H,31,35)(H,33,34)/t24-/m0/s1. The molecule has 0 aliphatic heterocycles. The number of carboxylic acids is 1. The number of benzene rings is 3. The van der Waals surface area contributed by atoms with Crippen LogP contribution < -0.4 is 24.8 Å². The van der Waals surface area contributed by atoms with E-state index in [1.807, 2.05) is 30.3 Å². The van der Waals surface area contributed by atoms with Crippen LogP contribution in [0, 0.1) is 0 Å². The molecule has 3 aromatic carbocycles. The molecular weight excluding hydrogens is 504 g/mol. The number of hydrogen-bond acceptors (Lipinski definition) is 7. The molecule has 0 saturated carbocycles. The van der Waals surface area contributed by atoms with E-state index in [-0.39, 0.29) is 13.2 Å². The highest BCUT2D eigenvalue weighted by Crippen LogP contribution is 2.38. The van der Waals surface area contributed by atoms with E-state index in [0.717, 1.165) is 28.7 Å². The molecule has 0 aromatic heterocycles. The monoisotopic (exact) mass is 534 g/mol. The van der Waals surface area contributed by atoms with Gasteiger partial charge in [-0.3, -0.25) is 4.79 Å². The van der Waals surface area contributed by atoms with Crippen molar-refractivity contribution >= 4 is 18.0 Å². The summed E-state index contributed by atoms with van der Waals surface area (Å²) in [5, 5.41) is 14.5. The lowest BCUT2D eigenvalue weighted by atomic mass is 10.0. The molecule has 39 heavy (non-hydrogen) atoms. The van der Waals surface area contributed by atoms with Crippen LogP contribution in [-0.2, 0) is 33.9 Å². The van der Waals surface area contributed by atoms with Gasteiger partial charge in [-0.1, -0.05) is 42.5 Å². The number of aliphatic carboxylic acids is 1. The summed E-state index contributed by atoms with van der Waals surface area (Å²) < 4.78 is 21.3. The van der Waals surface area contributed by atoms with Crippen LogP contribution in [0.25, 0.3) is 11.1 Å². The van der Waals surface area contributed by atoms with Gasteiger partial charge in [-0.25, -0.2) is 9.59 Å². The minimum Gasteiger partial charge on any atom is -0.496 e. The molecule has 1 aliphatic rings. The summed E-state index contributed by atoms with van der Waals surface area (Å²) in [5.41, 5.74) is 5.91. The molecule has 0 saturated heterocycles. The molecule has 0 spiro atoms. The summed E-state index contributed by atoms with van der Waals surface area (Å²) in [7, 11) is 4.45. The predicted octanol–water partition coefficient (Wildman–Crippen LogP) is 3.67. The molecule has 10 heteroatoms. The fourth-order valence-electron chi connectivity index (χ4n) is 4.58. The Morgan fingerprint density at radius 3 is 2.28 bits per heavy atom. The van der Waals surface area contributed by atoms with Gasteiger partial charge in [0.15, 0.2) is 0 Å². The molecule has 0 bridgehead atoms. The zero-order valence-corrected chi connectivity index (χ0v) is 21.9. The SMILES string of the molecule is COc1cc(OC)c(CNC(=O)C[C@H](NC(=O)OCc2cccc3c2Cc2ccccc2-3)C(=O)O)c(OC)c1. The molecule has 0 fully saturated rings. The second-order valence-electron chi connectivity index (χ2n) is 8.88. The molecule has 3 N–H and O–H groups in total. The molecule has 10 nitrogen and oxygen atoms in total. The number of carbonyl (C=O) groups is 3. The third kappa shape index (κ3) is 6.23. The molecule has 0 radical (unpaired) electrons. The number of carboxylic acid groups (broad SMARTS) is 1. The van der Waals surface area contributed by atoms with Crippen molar-refractivity contribution in [3.05, 3.63) is 76.9 Å². The molecule has 2 amide bonds. The first-order valence-electron chi connectivity index (χ1n) is 12.2. The van der Waals surface area contributed by atoms with E-state index in [2.05, 4.69) is 22.8 Å². The maximum atomic E-state index is 12.6. The lowest BCUT2D eigenvalue weighted by molar-refractivity contribution is -0.141. The van der Waals surface area contributed by atoms with Crippen molar-refractivity contribution < 1.29 is 38.4 Å². The topological polar surface area (TPSA) is 132 Å². The molecule has 0 heterocycles. The van der Waals surface area contributed by atoms with E-state index in [4.69, 9.17) is 18.9 Å². The lowest BCUT2D eigenvalue weighted by Crippen LogP contribution is -2.44. The summed E-state index contributed by atoms with van der Waals surface area (Å²) in [5.74, 6) is -0.589. The Labute approximate surface area is 225 Å². The number of methoxy groups -OCH3 is 3. The third-order valence-electron chi connectivity index (χ3n) is 6.57. The van der Waals surface area contributed by atoms with Gasteiger partial charge in [0.25, 0.3) is 0 Å². The average Bonchev–Trinajstić information content (AvgIpc) is 3.33. The van der Waals surface area contributed by atoms with Crippen LogP contribution in [-0.4, -0.2) is 50.4 Å². The Hall–Kier alpha value is -4.73. The van der Waals surface area contributed by atoms with Crippen LogP contribution in [0.2, 0.25) is 0 Å². The summed E-state index contributed by atoms with van der Waals surface area (Å²) in [6.07, 6.45) is -0.697. The molecule has 1 atom stereocenters. The van der Waals surface area contributed by atoms with Crippen LogP contribution >= 0.6 is 0 Å². The van der Waals surface area contributed by atoms with E-state index in [1.165, 1.54) is 26.9 Å². The van der Waals surface area contributed by atoms with Gasteiger partial charge in [-0.2, -0.15) is 0 Å². The maximum absolute atomic E-state index is 12.6. The minimum atomic E-state index is -1.48. The summed E-state index contributed by atoms with van der Waals surface area (Å²) in [4.78, 5) is 36.8. The van der Waals surface area contributed by atoms with Crippen molar-refractivity contribution in [2.45, 2.75) is 32.0 Å². The number of carbonyl (C=O) groups excluding carboxylic acids is 2. The number of rotatable bonds is 11. The average molecular weight is 535 g/mol. The van der Waals surface area contributed by atoms with Gasteiger partial charge >= 0.3 is 12.1 Å². The van der Waals surface area contributed by atoms with E-state index in [1.54, 1.807) is 12.1 Å². The zero-order chi connectivity index (χ0) is 27.9. The first-order valence-corrected chi connectivity index (χ1v) is 12.2. The van der Waals surface area contributed by atoms with E-state index in [9.17, 15) is 19.5 Å². The van der Waals surface area contributed by atoms with Crippen LogP contribution in [0.1, 0.15) is 28.7 Å². The Morgan fingerprint density at radius 1 is 0.923 bits per heavy atom. The lowest BCUT2D eigenvalue weighted by Gasteiger charge is -2.17. The normalized spacial score (nSPS) is 12.0. The van der Waals surface area contributed by atoms with Crippen molar-refractivity contribution in [2.24, 2.45) is 0 Å². The fourth-order valence-corrected chi connectivity index (χ4v) is 4.58. The number of ether oxygens (including phenoxy) is 4. The van der Waals surface area contributed by atoms with Crippen LogP contribution in [0.3, 0.4) is 0 Å². The van der Waals surface area contributed by atoms with Crippen molar-refractivity contribution in [2.75, 3.05) is 21.3 Å². The van der Waals surface area contributed by atoms with Gasteiger partial charge in [0.1, 0.15) is 29.9 Å². The highest BCUT2D eigenvalue weighted by molar-refractivity contribution is 5.87. The predicted molar refractivity (Wildman–Crippen MR) is 142 cm³/mol. The largest absolute Gasteiger partial charge is 0.496 e. The number of hydrogen-bond donors (Lipinski definition) is 3. The minimum absolute atomic E-state index is 0.00741. The molecule has 204 valence electrons. The number of alkyl carbamates (subject to hydrolysis) is 1. The Kier molecular flexibility index (Phi) is 8.55. The summed E-state index contributed by atoms with van der Waals surface area (Å²) >= 11 is 0. The quantitative estimate of drug-likeness (QED) is 0.266. The van der Waals surface area contributed by atoms with E-state index < -0.39 is 30.4 Å². The van der Waals surface area contributed by atoms with Gasteiger partial charge in [0.05, 0.1) is 39.9 Å². The van der Waals surface area contributed by atoms with Crippen molar-refractivity contribution in [3.8, 4) is 28.4 Å². The Bertz CT molecular complexity index is 1360. The highest BCUT2D eigenvalue weighted by atomic mass is 16.5. The van der Waals surface area contributed by atoms with Gasteiger partial charge in [-0.05, 0) is 34.2 Å². The Balaban J connectivity index is 1.34. The second-order valence-corrected chi connectivity index (χ2v) is 8.88. The molecular formula is C29H30N2O8. The Morgan fingerprint density at radius 2 is 1.62 bits per heavy atom. The highest BCUT2D eigenvalue weighted by Gasteiger charge is 2.26.